The van der Waals surface area contributed by atoms with Gasteiger partial charge in [0, 0.05) is 0 Å². The average Bonchev–Trinajstić information content (AvgIpc) is 2.87. The molecule has 1 aromatic heterocycles. The van der Waals surface area contributed by atoms with Crippen molar-refractivity contribution < 1.29 is 27.0 Å². The summed E-state index contributed by atoms with van der Waals surface area (Å²) < 4.78 is 59.8. The molecule has 0 saturated carbocycles. The van der Waals surface area contributed by atoms with E-state index in [1.807, 2.05) is 0 Å². The molecule has 0 saturated heterocycles. The molecule has 0 bridgehead atoms. The first kappa shape index (κ1) is 16.9. The van der Waals surface area contributed by atoms with Crippen LogP contribution in [-0.2, 0) is 0 Å². The predicted molar refractivity (Wildman–Crippen MR) is 75.0 cm³/mol. The standard InChI is InChI=1S/C12H10F4N4O2S/c1-21-8-4-6(2-3-7(8)22-11(15)16)5-17-20-10(9(13)14)18-19-12(20)23/h2-5,9,11H,1H3,(H,19,23)/b17-5-. The second-order valence-corrected chi connectivity index (χ2v) is 4.42. The van der Waals surface area contributed by atoms with Crippen LogP contribution in [0.5, 0.6) is 11.5 Å². The van der Waals surface area contributed by atoms with Gasteiger partial charge < -0.3 is 9.47 Å². The summed E-state index contributed by atoms with van der Waals surface area (Å²) in [6, 6.07) is 4.00. The lowest BCUT2D eigenvalue weighted by Gasteiger charge is -2.09. The number of benzene rings is 1. The molecule has 0 atom stereocenters. The number of methoxy groups -OCH3 is 1. The Morgan fingerprint density at radius 2 is 2.04 bits per heavy atom. The van der Waals surface area contributed by atoms with Gasteiger partial charge in [0.05, 0.1) is 13.3 Å². The second kappa shape index (κ2) is 7.22. The van der Waals surface area contributed by atoms with Gasteiger partial charge in [-0.1, -0.05) is 0 Å². The number of aromatic nitrogens is 3. The van der Waals surface area contributed by atoms with E-state index < -0.39 is 18.9 Å². The number of nitrogens with one attached hydrogen (secondary N) is 1. The monoisotopic (exact) mass is 350 g/mol. The van der Waals surface area contributed by atoms with Crippen LogP contribution in [0.1, 0.15) is 17.8 Å². The molecule has 124 valence electrons. The second-order valence-electron chi connectivity index (χ2n) is 4.03. The van der Waals surface area contributed by atoms with Crippen molar-refractivity contribution in [3.05, 3.63) is 34.4 Å². The molecule has 23 heavy (non-hydrogen) atoms. The van der Waals surface area contributed by atoms with E-state index in [1.54, 1.807) is 0 Å². The third-order valence-corrected chi connectivity index (χ3v) is 2.86. The molecule has 6 nitrogen and oxygen atoms in total. The smallest absolute Gasteiger partial charge is 0.387 e. The quantitative estimate of drug-likeness (QED) is 0.493. The summed E-state index contributed by atoms with van der Waals surface area (Å²) in [5.74, 6) is -0.761. The summed E-state index contributed by atoms with van der Waals surface area (Å²) in [6.45, 7) is -3.00. The lowest BCUT2D eigenvalue weighted by atomic mass is 10.2. The van der Waals surface area contributed by atoms with Crippen LogP contribution in [0.3, 0.4) is 0 Å². The molecule has 2 rings (SSSR count). The Labute approximate surface area is 132 Å². The summed E-state index contributed by atoms with van der Waals surface area (Å²) in [5, 5.41) is 9.36. The number of halogens is 4. The summed E-state index contributed by atoms with van der Waals surface area (Å²) in [6.07, 6.45) is -1.66. The van der Waals surface area contributed by atoms with Gasteiger partial charge in [-0.05, 0) is 36.0 Å². The van der Waals surface area contributed by atoms with E-state index in [-0.39, 0.29) is 16.3 Å². The Bertz CT molecular complexity index is 760. The minimum absolute atomic E-state index is 0.0409. The third kappa shape index (κ3) is 4.06. The first-order valence-electron chi connectivity index (χ1n) is 6.05. The molecule has 0 aliphatic heterocycles. The minimum Gasteiger partial charge on any atom is -0.493 e. The number of nitrogens with zero attached hydrogens (tertiary/aromatic N) is 3. The zero-order valence-electron chi connectivity index (χ0n) is 11.5. The Balaban J connectivity index is 2.30. The maximum absolute atomic E-state index is 12.7. The van der Waals surface area contributed by atoms with Gasteiger partial charge in [-0.2, -0.15) is 23.7 Å². The zero-order chi connectivity index (χ0) is 17.0. The van der Waals surface area contributed by atoms with E-state index in [9.17, 15) is 17.6 Å². The van der Waals surface area contributed by atoms with Crippen molar-refractivity contribution in [2.24, 2.45) is 5.10 Å². The van der Waals surface area contributed by atoms with Crippen molar-refractivity contribution in [3.63, 3.8) is 0 Å². The Hall–Kier alpha value is -2.43. The van der Waals surface area contributed by atoms with E-state index >= 15 is 0 Å². The maximum atomic E-state index is 12.7. The summed E-state index contributed by atoms with van der Waals surface area (Å²) in [7, 11) is 1.27. The molecule has 11 heteroatoms. The predicted octanol–water partition coefficient (Wildman–Crippen LogP) is 3.37. The molecule has 0 spiro atoms. The van der Waals surface area contributed by atoms with Crippen LogP contribution >= 0.6 is 12.2 Å². The minimum atomic E-state index is -3.00. The number of alkyl halides is 4. The van der Waals surface area contributed by atoms with E-state index in [4.69, 9.17) is 17.0 Å². The molecule has 1 aromatic carbocycles. The largest absolute Gasteiger partial charge is 0.493 e. The molecule has 0 aliphatic rings. The van der Waals surface area contributed by atoms with Gasteiger partial charge in [-0.3, -0.25) is 0 Å². The molecule has 0 amide bonds. The van der Waals surface area contributed by atoms with E-state index in [1.165, 1.54) is 31.5 Å². The number of hydrogen-bond donors (Lipinski definition) is 1. The van der Waals surface area contributed by atoms with Crippen molar-refractivity contribution in [1.82, 2.24) is 14.9 Å². The Morgan fingerprint density at radius 3 is 2.65 bits per heavy atom. The molecule has 0 radical (unpaired) electrons. The highest BCUT2D eigenvalue weighted by molar-refractivity contribution is 7.71. The molecular formula is C12H10F4N4O2S. The van der Waals surface area contributed by atoms with Crippen LogP contribution in [0, 0.1) is 4.77 Å². The summed E-state index contributed by atoms with van der Waals surface area (Å²) >= 11 is 4.79. The first-order chi connectivity index (χ1) is 10.9. The van der Waals surface area contributed by atoms with Gasteiger partial charge in [-0.25, -0.2) is 13.9 Å². The number of rotatable bonds is 6. The number of ether oxygens (including phenoxy) is 2. The van der Waals surface area contributed by atoms with Crippen LogP contribution in [0.25, 0.3) is 0 Å². The molecule has 1 N–H and O–H groups in total. The van der Waals surface area contributed by atoms with Gasteiger partial charge in [0.15, 0.2) is 11.5 Å². The highest BCUT2D eigenvalue weighted by Gasteiger charge is 2.16. The fourth-order valence-corrected chi connectivity index (χ4v) is 1.83. The molecule has 0 aliphatic carbocycles. The fourth-order valence-electron chi connectivity index (χ4n) is 1.64. The number of hydrogen-bond acceptors (Lipinski definition) is 5. The van der Waals surface area contributed by atoms with E-state index in [2.05, 4.69) is 20.0 Å². The fraction of sp³-hybridized carbons (Fsp3) is 0.250. The van der Waals surface area contributed by atoms with Gasteiger partial charge >= 0.3 is 6.61 Å². The summed E-state index contributed by atoms with van der Waals surface area (Å²) in [5.41, 5.74) is 0.395. The van der Waals surface area contributed by atoms with Gasteiger partial charge in [-0.15, -0.1) is 0 Å². The van der Waals surface area contributed by atoms with E-state index in [0.29, 0.717) is 5.56 Å². The molecule has 1 heterocycles. The van der Waals surface area contributed by atoms with Gasteiger partial charge in [0.2, 0.25) is 10.6 Å². The van der Waals surface area contributed by atoms with E-state index in [0.717, 1.165) is 4.68 Å². The highest BCUT2D eigenvalue weighted by Crippen LogP contribution is 2.29. The lowest BCUT2D eigenvalue weighted by molar-refractivity contribution is -0.0512. The SMILES string of the molecule is COc1cc(/C=N\n2c(C(F)F)n[nH]c2=S)ccc1OC(F)F. The number of aromatic amines is 1. The zero-order valence-corrected chi connectivity index (χ0v) is 12.4. The van der Waals surface area contributed by atoms with Crippen LogP contribution in [0.4, 0.5) is 17.6 Å². The van der Waals surface area contributed by atoms with Crippen molar-refractivity contribution in [1.29, 1.82) is 0 Å². The highest BCUT2D eigenvalue weighted by atomic mass is 32.1. The lowest BCUT2D eigenvalue weighted by Crippen LogP contribution is -2.04. The van der Waals surface area contributed by atoms with Crippen LogP contribution in [0.15, 0.2) is 23.3 Å². The average molecular weight is 350 g/mol. The van der Waals surface area contributed by atoms with Gasteiger partial charge in [0.1, 0.15) is 0 Å². The van der Waals surface area contributed by atoms with Crippen molar-refractivity contribution in [2.75, 3.05) is 7.11 Å². The van der Waals surface area contributed by atoms with Crippen LogP contribution < -0.4 is 9.47 Å². The Morgan fingerprint density at radius 1 is 1.30 bits per heavy atom. The van der Waals surface area contributed by atoms with Crippen LogP contribution in [0.2, 0.25) is 0 Å². The molecule has 0 fully saturated rings. The Kier molecular flexibility index (Phi) is 5.32. The normalized spacial score (nSPS) is 11.6. The van der Waals surface area contributed by atoms with Crippen LogP contribution in [-0.4, -0.2) is 34.8 Å². The molecular weight excluding hydrogens is 340 g/mol. The van der Waals surface area contributed by atoms with Crippen molar-refractivity contribution in [3.8, 4) is 11.5 Å². The molecule has 0 unspecified atom stereocenters. The topological polar surface area (TPSA) is 64.4 Å². The van der Waals surface area contributed by atoms with Crippen molar-refractivity contribution in [2.45, 2.75) is 13.0 Å². The van der Waals surface area contributed by atoms with Gasteiger partial charge in [0.25, 0.3) is 6.43 Å². The maximum Gasteiger partial charge on any atom is 0.387 e. The summed E-state index contributed by atoms with van der Waals surface area (Å²) in [4.78, 5) is 0. The number of H-pyrrole nitrogens is 1. The third-order valence-electron chi connectivity index (χ3n) is 2.60. The molecule has 2 aromatic rings. The van der Waals surface area contributed by atoms with Crippen molar-refractivity contribution >= 4 is 18.4 Å². The first-order valence-corrected chi connectivity index (χ1v) is 6.46.